The number of nitrogens with one attached hydrogen (secondary N) is 2. The average Bonchev–Trinajstić information content (AvgIpc) is 2.76. The fraction of sp³-hybridized carbons (Fsp3) is 0.130. The highest BCUT2D eigenvalue weighted by atomic mass is 16.2. The van der Waals surface area contributed by atoms with Crippen molar-refractivity contribution < 1.29 is 9.59 Å². The third kappa shape index (κ3) is 5.20. The average molecular weight is 373 g/mol. The third-order valence-electron chi connectivity index (χ3n) is 4.38. The first-order valence-corrected chi connectivity index (χ1v) is 9.11. The van der Waals surface area contributed by atoms with E-state index < -0.39 is 0 Å². The number of rotatable bonds is 7. The van der Waals surface area contributed by atoms with E-state index in [0.717, 1.165) is 16.9 Å². The first kappa shape index (κ1) is 19.2. The number of nitrogens with zero attached hydrogens (tertiary/aromatic N) is 1. The van der Waals surface area contributed by atoms with Crippen molar-refractivity contribution in [3.05, 3.63) is 96.1 Å². The highest BCUT2D eigenvalue weighted by Gasteiger charge is 2.11. The van der Waals surface area contributed by atoms with Crippen molar-refractivity contribution in [3.8, 4) is 0 Å². The predicted octanol–water partition coefficient (Wildman–Crippen LogP) is 3.69. The summed E-state index contributed by atoms with van der Waals surface area (Å²) in [5.41, 5.74) is 3.15. The van der Waals surface area contributed by atoms with Crippen LogP contribution in [0, 0.1) is 0 Å². The molecule has 0 atom stereocenters. The lowest BCUT2D eigenvalue weighted by Gasteiger charge is -2.18. The zero-order valence-electron chi connectivity index (χ0n) is 15.8. The van der Waals surface area contributed by atoms with E-state index in [4.69, 9.17) is 0 Å². The number of likely N-dealkylation sites (N-methyl/N-ethyl adjacent to an activating group) is 1. The first-order valence-electron chi connectivity index (χ1n) is 9.11. The zero-order chi connectivity index (χ0) is 19.8. The first-order chi connectivity index (χ1) is 13.6. The molecule has 3 rings (SSSR count). The maximum absolute atomic E-state index is 12.4. The minimum Gasteiger partial charge on any atom is -0.376 e. The summed E-state index contributed by atoms with van der Waals surface area (Å²) in [5, 5.41) is 6.00. The molecule has 5 nitrogen and oxygen atoms in total. The number of hydrogen-bond acceptors (Lipinski definition) is 3. The smallest absolute Gasteiger partial charge is 0.251 e. The summed E-state index contributed by atoms with van der Waals surface area (Å²) >= 11 is 0. The molecule has 0 fully saturated rings. The van der Waals surface area contributed by atoms with Gasteiger partial charge in [-0.25, -0.2) is 0 Å². The number of anilines is 2. The van der Waals surface area contributed by atoms with Gasteiger partial charge in [0.25, 0.3) is 5.91 Å². The molecular weight excluding hydrogens is 350 g/mol. The molecule has 0 radical (unpaired) electrons. The fourth-order valence-electron chi connectivity index (χ4n) is 2.74. The molecule has 0 unspecified atom stereocenters. The number of hydrogen-bond donors (Lipinski definition) is 2. The molecule has 0 saturated heterocycles. The normalized spacial score (nSPS) is 10.2. The van der Waals surface area contributed by atoms with Crippen molar-refractivity contribution >= 4 is 23.2 Å². The van der Waals surface area contributed by atoms with E-state index in [9.17, 15) is 9.59 Å². The van der Waals surface area contributed by atoms with Gasteiger partial charge >= 0.3 is 0 Å². The van der Waals surface area contributed by atoms with Crippen molar-refractivity contribution in [1.82, 2.24) is 5.32 Å². The molecule has 28 heavy (non-hydrogen) atoms. The Hall–Kier alpha value is -3.60. The number of carbonyl (C=O) groups excluding carboxylic acids is 2. The van der Waals surface area contributed by atoms with Gasteiger partial charge in [-0.2, -0.15) is 0 Å². The number of benzene rings is 3. The van der Waals surface area contributed by atoms with Crippen molar-refractivity contribution in [2.24, 2.45) is 0 Å². The highest BCUT2D eigenvalue weighted by molar-refractivity contribution is 5.97. The molecule has 5 heteroatoms. The predicted molar refractivity (Wildman–Crippen MR) is 112 cm³/mol. The van der Waals surface area contributed by atoms with Crippen LogP contribution < -0.4 is 15.5 Å². The van der Waals surface area contributed by atoms with Crippen LogP contribution in [0.4, 0.5) is 11.4 Å². The summed E-state index contributed by atoms with van der Waals surface area (Å²) in [4.78, 5) is 26.4. The van der Waals surface area contributed by atoms with E-state index in [-0.39, 0.29) is 18.4 Å². The quantitative estimate of drug-likeness (QED) is 0.664. The van der Waals surface area contributed by atoms with Gasteiger partial charge in [0.05, 0.1) is 6.54 Å². The van der Waals surface area contributed by atoms with E-state index >= 15 is 0 Å². The van der Waals surface area contributed by atoms with Gasteiger partial charge in [-0.05, 0) is 35.9 Å². The summed E-state index contributed by atoms with van der Waals surface area (Å²) in [6.07, 6.45) is 0. The van der Waals surface area contributed by atoms with Gasteiger partial charge in [0.1, 0.15) is 0 Å². The number of carbonyl (C=O) groups is 2. The Balaban J connectivity index is 1.55. The molecule has 142 valence electrons. The van der Waals surface area contributed by atoms with Gasteiger partial charge in [-0.3, -0.25) is 9.59 Å². The van der Waals surface area contributed by atoms with Gasteiger partial charge in [0.15, 0.2) is 0 Å². The minimum atomic E-state index is -0.153. The van der Waals surface area contributed by atoms with E-state index in [0.29, 0.717) is 12.1 Å². The Morgan fingerprint density at radius 3 is 2.25 bits per heavy atom. The minimum absolute atomic E-state index is 0.0647. The number of amides is 2. The Morgan fingerprint density at radius 1 is 0.857 bits per heavy atom. The van der Waals surface area contributed by atoms with Crippen LogP contribution in [0.3, 0.4) is 0 Å². The van der Waals surface area contributed by atoms with Crippen molar-refractivity contribution in [3.63, 3.8) is 0 Å². The Labute approximate surface area is 165 Å². The lowest BCUT2D eigenvalue weighted by Crippen LogP contribution is -2.32. The molecule has 0 aromatic heterocycles. The molecule has 2 N–H and O–H groups in total. The molecule has 0 aliphatic heterocycles. The van der Waals surface area contributed by atoms with Crippen LogP contribution in [0.2, 0.25) is 0 Å². The lowest BCUT2D eigenvalue weighted by atomic mass is 10.1. The van der Waals surface area contributed by atoms with Gasteiger partial charge in [-0.1, -0.05) is 54.6 Å². The van der Waals surface area contributed by atoms with Gasteiger partial charge in [0, 0.05) is 30.5 Å². The van der Waals surface area contributed by atoms with Crippen LogP contribution in [0.5, 0.6) is 0 Å². The van der Waals surface area contributed by atoms with E-state index in [2.05, 4.69) is 10.6 Å². The number of para-hydroxylation sites is 1. The molecular formula is C23H23N3O2. The van der Waals surface area contributed by atoms with Crippen LogP contribution in [0.15, 0.2) is 84.9 Å². The lowest BCUT2D eigenvalue weighted by molar-refractivity contribution is -0.116. The van der Waals surface area contributed by atoms with Crippen molar-refractivity contribution in [2.75, 3.05) is 23.8 Å². The molecule has 0 saturated carbocycles. The zero-order valence-corrected chi connectivity index (χ0v) is 15.8. The molecule has 0 aliphatic carbocycles. The second-order valence-corrected chi connectivity index (χ2v) is 6.39. The van der Waals surface area contributed by atoms with Gasteiger partial charge < -0.3 is 15.5 Å². The summed E-state index contributed by atoms with van der Waals surface area (Å²) in [6.45, 7) is 0.609. The van der Waals surface area contributed by atoms with Crippen molar-refractivity contribution in [2.45, 2.75) is 6.54 Å². The molecule has 3 aromatic carbocycles. The van der Waals surface area contributed by atoms with Crippen LogP contribution in [0.1, 0.15) is 15.9 Å². The Bertz CT molecular complexity index is 927. The third-order valence-corrected chi connectivity index (χ3v) is 4.38. The largest absolute Gasteiger partial charge is 0.376 e. The van der Waals surface area contributed by atoms with Crippen LogP contribution >= 0.6 is 0 Å². The molecule has 0 aliphatic rings. The molecule has 0 spiro atoms. The summed E-state index contributed by atoms with van der Waals surface area (Å²) in [7, 11) is 1.74. The maximum atomic E-state index is 12.4. The van der Waals surface area contributed by atoms with Crippen LogP contribution in [-0.2, 0) is 11.3 Å². The molecule has 2 amide bonds. The van der Waals surface area contributed by atoms with Gasteiger partial charge in [-0.15, -0.1) is 0 Å². The van der Waals surface area contributed by atoms with E-state index in [1.54, 1.807) is 30.1 Å². The monoisotopic (exact) mass is 373 g/mol. The summed E-state index contributed by atoms with van der Waals surface area (Å²) in [5.74, 6) is -0.217. The van der Waals surface area contributed by atoms with Gasteiger partial charge in [0.2, 0.25) is 5.91 Å². The SMILES string of the molecule is CN(C(=O)CNc1cccc(C(=O)NCc2ccccc2)c1)c1ccccc1. The second-order valence-electron chi connectivity index (χ2n) is 6.39. The Kier molecular flexibility index (Phi) is 6.41. The summed E-state index contributed by atoms with van der Waals surface area (Å²) in [6, 6.07) is 26.4. The molecule has 0 heterocycles. The molecule has 0 bridgehead atoms. The summed E-state index contributed by atoms with van der Waals surface area (Å²) < 4.78 is 0. The van der Waals surface area contributed by atoms with E-state index in [1.165, 1.54) is 0 Å². The highest BCUT2D eigenvalue weighted by Crippen LogP contribution is 2.13. The van der Waals surface area contributed by atoms with Crippen LogP contribution in [0.25, 0.3) is 0 Å². The molecule has 3 aromatic rings. The Morgan fingerprint density at radius 2 is 1.54 bits per heavy atom. The van der Waals surface area contributed by atoms with Crippen molar-refractivity contribution in [1.29, 1.82) is 0 Å². The second kappa shape index (κ2) is 9.37. The van der Waals surface area contributed by atoms with E-state index in [1.807, 2.05) is 66.7 Å². The topological polar surface area (TPSA) is 61.4 Å². The fourth-order valence-corrected chi connectivity index (χ4v) is 2.74. The standard InChI is InChI=1S/C23H23N3O2/c1-26(21-13-6-3-7-14-21)22(27)17-24-20-12-8-11-19(15-20)23(28)25-16-18-9-4-2-5-10-18/h2-15,24H,16-17H2,1H3,(H,25,28). The maximum Gasteiger partial charge on any atom is 0.251 e. The van der Waals surface area contributed by atoms with Crippen LogP contribution in [-0.4, -0.2) is 25.4 Å².